The number of unbranched alkanes of at least 4 members (excludes halogenated alkanes) is 2. The summed E-state index contributed by atoms with van der Waals surface area (Å²) in [6.45, 7) is 7.27. The van der Waals surface area contributed by atoms with Crippen LogP contribution in [0.25, 0.3) is 0 Å². The van der Waals surface area contributed by atoms with Crippen molar-refractivity contribution in [1.29, 1.82) is 0 Å². The predicted molar refractivity (Wildman–Crippen MR) is 76.8 cm³/mol. The second kappa shape index (κ2) is 8.57. The number of aryl methyl sites for hydroxylation is 1. The summed E-state index contributed by atoms with van der Waals surface area (Å²) in [5, 5.41) is 0. The molecule has 0 amide bonds. The summed E-state index contributed by atoms with van der Waals surface area (Å²) in [4.78, 5) is 12.0. The molecule has 19 heavy (non-hydrogen) atoms. The molecule has 0 aliphatic carbocycles. The van der Waals surface area contributed by atoms with Gasteiger partial charge in [-0.05, 0) is 37.5 Å². The Morgan fingerprint density at radius 2 is 1.79 bits per heavy atom. The molecule has 0 saturated carbocycles. The molecule has 1 aromatic rings. The molecule has 0 atom stereocenters. The van der Waals surface area contributed by atoms with Crippen molar-refractivity contribution in [3.8, 4) is 5.75 Å². The third-order valence-corrected chi connectivity index (χ3v) is 2.84. The number of ether oxygens (including phenoxy) is 2. The maximum atomic E-state index is 12.0. The van der Waals surface area contributed by atoms with Gasteiger partial charge in [-0.15, -0.1) is 0 Å². The molecule has 0 spiro atoms. The minimum Gasteiger partial charge on any atom is -0.493 e. The molecular weight excluding hydrogens is 240 g/mol. The van der Waals surface area contributed by atoms with Crippen LogP contribution in [0.1, 0.15) is 55.5 Å². The Labute approximate surface area is 115 Å². The van der Waals surface area contributed by atoms with Crippen molar-refractivity contribution in [3.63, 3.8) is 0 Å². The van der Waals surface area contributed by atoms with Crippen LogP contribution in [0.2, 0.25) is 0 Å². The number of hydrogen-bond donors (Lipinski definition) is 0. The van der Waals surface area contributed by atoms with Gasteiger partial charge in [0.1, 0.15) is 11.3 Å². The van der Waals surface area contributed by atoms with Gasteiger partial charge in [-0.2, -0.15) is 0 Å². The highest BCUT2D eigenvalue weighted by atomic mass is 16.5. The molecule has 0 fully saturated rings. The highest BCUT2D eigenvalue weighted by molar-refractivity contribution is 5.92. The summed E-state index contributed by atoms with van der Waals surface area (Å²) in [6, 6.07) is 5.58. The SMILES string of the molecule is CCCCOC(=O)c1ccc(C)cc1OCCCC. The van der Waals surface area contributed by atoms with Crippen LogP contribution in [-0.2, 0) is 4.74 Å². The number of hydrogen-bond acceptors (Lipinski definition) is 3. The van der Waals surface area contributed by atoms with E-state index in [-0.39, 0.29) is 5.97 Å². The first-order valence-electron chi connectivity index (χ1n) is 7.09. The van der Waals surface area contributed by atoms with E-state index in [1.54, 1.807) is 6.07 Å². The van der Waals surface area contributed by atoms with Gasteiger partial charge in [-0.1, -0.05) is 32.8 Å². The zero-order valence-electron chi connectivity index (χ0n) is 12.2. The molecule has 0 N–H and O–H groups in total. The lowest BCUT2D eigenvalue weighted by Crippen LogP contribution is -2.09. The van der Waals surface area contributed by atoms with Crippen LogP contribution < -0.4 is 4.74 Å². The van der Waals surface area contributed by atoms with Crippen molar-refractivity contribution in [2.24, 2.45) is 0 Å². The van der Waals surface area contributed by atoms with E-state index in [2.05, 4.69) is 13.8 Å². The first-order valence-corrected chi connectivity index (χ1v) is 7.09. The zero-order valence-corrected chi connectivity index (χ0v) is 12.2. The molecule has 0 bridgehead atoms. The largest absolute Gasteiger partial charge is 0.493 e. The topological polar surface area (TPSA) is 35.5 Å². The fourth-order valence-corrected chi connectivity index (χ4v) is 1.63. The molecule has 106 valence electrons. The Bertz CT molecular complexity index is 399. The van der Waals surface area contributed by atoms with Gasteiger partial charge in [0.25, 0.3) is 0 Å². The van der Waals surface area contributed by atoms with Crippen molar-refractivity contribution in [3.05, 3.63) is 29.3 Å². The van der Waals surface area contributed by atoms with Crippen LogP contribution in [0.15, 0.2) is 18.2 Å². The molecule has 1 rings (SSSR count). The van der Waals surface area contributed by atoms with Crippen LogP contribution >= 0.6 is 0 Å². The summed E-state index contributed by atoms with van der Waals surface area (Å²) in [6.07, 6.45) is 3.96. The number of rotatable bonds is 8. The number of carbonyl (C=O) groups excluding carboxylic acids is 1. The van der Waals surface area contributed by atoms with E-state index in [1.807, 2.05) is 19.1 Å². The first kappa shape index (κ1) is 15.5. The number of esters is 1. The van der Waals surface area contributed by atoms with Crippen molar-refractivity contribution < 1.29 is 14.3 Å². The van der Waals surface area contributed by atoms with Gasteiger partial charge < -0.3 is 9.47 Å². The molecule has 3 heteroatoms. The van der Waals surface area contributed by atoms with Gasteiger partial charge in [0.15, 0.2) is 0 Å². The Kier molecular flexibility index (Phi) is 7.01. The minimum atomic E-state index is -0.292. The van der Waals surface area contributed by atoms with Crippen LogP contribution in [0.3, 0.4) is 0 Å². The molecule has 0 heterocycles. The van der Waals surface area contributed by atoms with E-state index in [0.29, 0.717) is 24.5 Å². The third kappa shape index (κ3) is 5.33. The average molecular weight is 264 g/mol. The average Bonchev–Trinajstić information content (AvgIpc) is 2.39. The second-order valence-electron chi connectivity index (χ2n) is 4.69. The fourth-order valence-electron chi connectivity index (χ4n) is 1.63. The van der Waals surface area contributed by atoms with Crippen LogP contribution in [0.5, 0.6) is 5.75 Å². The molecule has 0 aliphatic rings. The molecule has 0 radical (unpaired) electrons. The van der Waals surface area contributed by atoms with E-state index in [4.69, 9.17) is 9.47 Å². The minimum absolute atomic E-state index is 0.292. The zero-order chi connectivity index (χ0) is 14.1. The Hall–Kier alpha value is -1.51. The summed E-state index contributed by atoms with van der Waals surface area (Å²) in [5.41, 5.74) is 1.61. The highest BCUT2D eigenvalue weighted by Gasteiger charge is 2.14. The molecule has 0 aliphatic heterocycles. The standard InChI is InChI=1S/C16H24O3/c1-4-6-10-18-15-12-13(3)8-9-14(15)16(17)19-11-7-5-2/h8-9,12H,4-7,10-11H2,1-3H3. The van der Waals surface area contributed by atoms with E-state index in [9.17, 15) is 4.79 Å². The van der Waals surface area contributed by atoms with Crippen LogP contribution in [0, 0.1) is 6.92 Å². The lowest BCUT2D eigenvalue weighted by atomic mass is 10.1. The monoisotopic (exact) mass is 264 g/mol. The van der Waals surface area contributed by atoms with Gasteiger partial charge in [-0.25, -0.2) is 4.79 Å². The third-order valence-electron chi connectivity index (χ3n) is 2.84. The summed E-state index contributed by atoms with van der Waals surface area (Å²) in [7, 11) is 0. The molecule has 1 aromatic carbocycles. The van der Waals surface area contributed by atoms with Crippen molar-refractivity contribution in [2.45, 2.75) is 46.5 Å². The van der Waals surface area contributed by atoms with Gasteiger partial charge >= 0.3 is 5.97 Å². The maximum absolute atomic E-state index is 12.0. The summed E-state index contributed by atoms with van der Waals surface area (Å²) < 4.78 is 10.9. The fraction of sp³-hybridized carbons (Fsp3) is 0.562. The maximum Gasteiger partial charge on any atom is 0.341 e. The van der Waals surface area contributed by atoms with Crippen molar-refractivity contribution in [2.75, 3.05) is 13.2 Å². The van der Waals surface area contributed by atoms with E-state index < -0.39 is 0 Å². The highest BCUT2D eigenvalue weighted by Crippen LogP contribution is 2.21. The van der Waals surface area contributed by atoms with Gasteiger partial charge in [-0.3, -0.25) is 0 Å². The predicted octanol–water partition coefficient (Wildman–Crippen LogP) is 4.13. The quantitative estimate of drug-likeness (QED) is 0.523. The van der Waals surface area contributed by atoms with E-state index in [1.165, 1.54) is 0 Å². The molecule has 0 aromatic heterocycles. The lowest BCUT2D eigenvalue weighted by molar-refractivity contribution is 0.0495. The van der Waals surface area contributed by atoms with Crippen LogP contribution in [0.4, 0.5) is 0 Å². The Morgan fingerprint density at radius 3 is 2.47 bits per heavy atom. The van der Waals surface area contributed by atoms with Crippen molar-refractivity contribution >= 4 is 5.97 Å². The molecule has 0 saturated heterocycles. The second-order valence-corrected chi connectivity index (χ2v) is 4.69. The Balaban J connectivity index is 2.71. The van der Waals surface area contributed by atoms with Gasteiger partial charge in [0, 0.05) is 0 Å². The molecular formula is C16H24O3. The lowest BCUT2D eigenvalue weighted by Gasteiger charge is -2.11. The summed E-state index contributed by atoms with van der Waals surface area (Å²) >= 11 is 0. The van der Waals surface area contributed by atoms with Crippen molar-refractivity contribution in [1.82, 2.24) is 0 Å². The smallest absolute Gasteiger partial charge is 0.341 e. The van der Waals surface area contributed by atoms with Gasteiger partial charge in [0.2, 0.25) is 0 Å². The molecule has 0 unspecified atom stereocenters. The van der Waals surface area contributed by atoms with E-state index in [0.717, 1.165) is 31.2 Å². The Morgan fingerprint density at radius 1 is 1.11 bits per heavy atom. The number of carbonyl (C=O) groups is 1. The summed E-state index contributed by atoms with van der Waals surface area (Å²) in [5.74, 6) is 0.342. The van der Waals surface area contributed by atoms with Crippen LogP contribution in [-0.4, -0.2) is 19.2 Å². The number of benzene rings is 1. The first-order chi connectivity index (χ1) is 9.19. The molecule has 3 nitrogen and oxygen atoms in total. The normalized spacial score (nSPS) is 10.3. The van der Waals surface area contributed by atoms with Gasteiger partial charge in [0.05, 0.1) is 13.2 Å². The van der Waals surface area contributed by atoms with E-state index >= 15 is 0 Å².